The van der Waals surface area contributed by atoms with Crippen LogP contribution in [-0.2, 0) is 0 Å². The summed E-state index contributed by atoms with van der Waals surface area (Å²) in [6, 6.07) is 14.1. The fourth-order valence-electron chi connectivity index (χ4n) is 1.46. The molecule has 0 saturated heterocycles. The topological polar surface area (TPSA) is 26.3 Å². The summed E-state index contributed by atoms with van der Waals surface area (Å²) in [5, 5.41) is 0.425. The van der Waals surface area contributed by atoms with Crippen molar-refractivity contribution in [3.05, 3.63) is 64.7 Å². The third-order valence-electron chi connectivity index (χ3n) is 2.29. The van der Waals surface area contributed by atoms with E-state index < -0.39 is 5.97 Å². The molecule has 0 spiro atoms. The van der Waals surface area contributed by atoms with Gasteiger partial charge in [-0.2, -0.15) is 0 Å². The normalized spacial score (nSPS) is 10.0. The number of halogens is 1. The molecule has 0 aliphatic carbocycles. The third kappa shape index (κ3) is 2.86. The highest BCUT2D eigenvalue weighted by atomic mass is 35.5. The van der Waals surface area contributed by atoms with Crippen LogP contribution in [-0.4, -0.2) is 5.97 Å². The van der Waals surface area contributed by atoms with E-state index in [1.165, 1.54) is 0 Å². The van der Waals surface area contributed by atoms with Crippen molar-refractivity contribution in [2.75, 3.05) is 0 Å². The van der Waals surface area contributed by atoms with E-state index in [1.54, 1.807) is 36.4 Å². The SMILES string of the molecule is Cc1cccc(C(=O)Oc2ccccc2Cl)c1. The van der Waals surface area contributed by atoms with Gasteiger partial charge in [-0.1, -0.05) is 41.4 Å². The lowest BCUT2D eigenvalue weighted by Crippen LogP contribution is -2.08. The zero-order chi connectivity index (χ0) is 12.3. The van der Waals surface area contributed by atoms with Crippen molar-refractivity contribution in [1.29, 1.82) is 0 Å². The summed E-state index contributed by atoms with van der Waals surface area (Å²) in [7, 11) is 0. The largest absolute Gasteiger partial charge is 0.421 e. The van der Waals surface area contributed by atoms with Crippen LogP contribution in [0.2, 0.25) is 5.02 Å². The maximum Gasteiger partial charge on any atom is 0.343 e. The Morgan fingerprint density at radius 3 is 2.59 bits per heavy atom. The molecule has 0 aliphatic heterocycles. The van der Waals surface area contributed by atoms with Crippen LogP contribution in [0, 0.1) is 6.92 Å². The second-order valence-electron chi connectivity index (χ2n) is 3.69. The fraction of sp³-hybridized carbons (Fsp3) is 0.0714. The minimum absolute atomic E-state index is 0.376. The van der Waals surface area contributed by atoms with Gasteiger partial charge in [0.15, 0.2) is 0 Å². The zero-order valence-corrected chi connectivity index (χ0v) is 10.1. The zero-order valence-electron chi connectivity index (χ0n) is 9.31. The van der Waals surface area contributed by atoms with E-state index in [9.17, 15) is 4.79 Å². The molecule has 0 heterocycles. The van der Waals surface area contributed by atoms with Gasteiger partial charge < -0.3 is 4.74 Å². The maximum absolute atomic E-state index is 11.8. The molecule has 0 saturated carbocycles. The molecular weight excluding hydrogens is 236 g/mol. The van der Waals surface area contributed by atoms with Gasteiger partial charge in [-0.25, -0.2) is 4.79 Å². The van der Waals surface area contributed by atoms with Crippen molar-refractivity contribution >= 4 is 17.6 Å². The number of ether oxygens (including phenoxy) is 1. The van der Waals surface area contributed by atoms with Crippen LogP contribution in [0.25, 0.3) is 0 Å². The molecule has 0 fully saturated rings. The molecule has 2 aromatic rings. The molecule has 2 nitrogen and oxygen atoms in total. The van der Waals surface area contributed by atoms with Crippen LogP contribution in [0.3, 0.4) is 0 Å². The van der Waals surface area contributed by atoms with E-state index in [4.69, 9.17) is 16.3 Å². The van der Waals surface area contributed by atoms with E-state index in [0.717, 1.165) is 5.56 Å². The number of hydrogen-bond acceptors (Lipinski definition) is 2. The molecule has 0 unspecified atom stereocenters. The molecule has 0 N–H and O–H groups in total. The summed E-state index contributed by atoms with van der Waals surface area (Å²) in [5.41, 5.74) is 1.53. The Bertz CT molecular complexity index is 549. The monoisotopic (exact) mass is 246 g/mol. The lowest BCUT2D eigenvalue weighted by molar-refractivity contribution is 0.0735. The first-order valence-electron chi connectivity index (χ1n) is 5.20. The van der Waals surface area contributed by atoms with E-state index in [1.807, 2.05) is 19.1 Å². The first-order valence-corrected chi connectivity index (χ1v) is 5.58. The average Bonchev–Trinajstić information content (AvgIpc) is 2.32. The first kappa shape index (κ1) is 11.7. The van der Waals surface area contributed by atoms with Gasteiger partial charge in [-0.15, -0.1) is 0 Å². The molecule has 3 heteroatoms. The van der Waals surface area contributed by atoms with Crippen LogP contribution >= 0.6 is 11.6 Å². The number of carbonyl (C=O) groups excluding carboxylic acids is 1. The number of hydrogen-bond donors (Lipinski definition) is 0. The number of rotatable bonds is 2. The number of aryl methyl sites for hydroxylation is 1. The van der Waals surface area contributed by atoms with Crippen LogP contribution in [0.4, 0.5) is 0 Å². The summed E-state index contributed by atoms with van der Waals surface area (Å²) in [6.45, 7) is 1.92. The smallest absolute Gasteiger partial charge is 0.343 e. The highest BCUT2D eigenvalue weighted by Crippen LogP contribution is 2.24. The van der Waals surface area contributed by atoms with Gasteiger partial charge >= 0.3 is 5.97 Å². The minimum Gasteiger partial charge on any atom is -0.421 e. The van der Waals surface area contributed by atoms with E-state index in [2.05, 4.69) is 0 Å². The average molecular weight is 247 g/mol. The minimum atomic E-state index is -0.401. The van der Waals surface area contributed by atoms with Crippen molar-refractivity contribution in [2.24, 2.45) is 0 Å². The molecule has 0 aliphatic rings. The van der Waals surface area contributed by atoms with Gasteiger partial charge in [0.25, 0.3) is 0 Å². The Hall–Kier alpha value is -1.80. The van der Waals surface area contributed by atoms with E-state index in [0.29, 0.717) is 16.3 Å². The molecule has 2 aromatic carbocycles. The third-order valence-corrected chi connectivity index (χ3v) is 2.61. The second kappa shape index (κ2) is 5.02. The Kier molecular flexibility index (Phi) is 3.45. The summed E-state index contributed by atoms with van der Waals surface area (Å²) < 4.78 is 5.22. The van der Waals surface area contributed by atoms with Gasteiger partial charge in [-0.3, -0.25) is 0 Å². The van der Waals surface area contributed by atoms with Gasteiger partial charge in [-0.05, 0) is 31.2 Å². The molecule has 2 rings (SSSR count). The van der Waals surface area contributed by atoms with Gasteiger partial charge in [0.1, 0.15) is 5.75 Å². The number of para-hydroxylation sites is 1. The van der Waals surface area contributed by atoms with Crippen LogP contribution in [0.1, 0.15) is 15.9 Å². The predicted molar refractivity (Wildman–Crippen MR) is 67.6 cm³/mol. The Morgan fingerprint density at radius 2 is 1.88 bits per heavy atom. The fourth-order valence-corrected chi connectivity index (χ4v) is 1.63. The lowest BCUT2D eigenvalue weighted by atomic mass is 10.1. The standard InChI is InChI=1S/C14H11ClO2/c1-10-5-4-6-11(9-10)14(16)17-13-8-3-2-7-12(13)15/h2-9H,1H3. The molecule has 0 aromatic heterocycles. The van der Waals surface area contributed by atoms with E-state index >= 15 is 0 Å². The Balaban J connectivity index is 2.20. The molecular formula is C14H11ClO2. The van der Waals surface area contributed by atoms with Gasteiger partial charge in [0, 0.05) is 0 Å². The molecule has 0 bridgehead atoms. The second-order valence-corrected chi connectivity index (χ2v) is 4.10. The Labute approximate surface area is 105 Å². The van der Waals surface area contributed by atoms with Crippen molar-refractivity contribution in [2.45, 2.75) is 6.92 Å². The highest BCUT2D eigenvalue weighted by Gasteiger charge is 2.10. The van der Waals surface area contributed by atoms with Crippen molar-refractivity contribution in [1.82, 2.24) is 0 Å². The summed E-state index contributed by atoms with van der Waals surface area (Å²) in [5.74, 6) is -0.0255. The molecule has 0 radical (unpaired) electrons. The quantitative estimate of drug-likeness (QED) is 0.594. The molecule has 0 atom stereocenters. The van der Waals surface area contributed by atoms with Crippen molar-refractivity contribution < 1.29 is 9.53 Å². The lowest BCUT2D eigenvalue weighted by Gasteiger charge is -2.06. The van der Waals surface area contributed by atoms with Crippen LogP contribution in [0.5, 0.6) is 5.75 Å². The maximum atomic E-state index is 11.8. The van der Waals surface area contributed by atoms with E-state index in [-0.39, 0.29) is 0 Å². The molecule has 17 heavy (non-hydrogen) atoms. The first-order chi connectivity index (χ1) is 8.16. The van der Waals surface area contributed by atoms with Crippen molar-refractivity contribution in [3.8, 4) is 5.75 Å². The summed E-state index contributed by atoms with van der Waals surface area (Å²) in [6.07, 6.45) is 0. The van der Waals surface area contributed by atoms with Crippen LogP contribution in [0.15, 0.2) is 48.5 Å². The Morgan fingerprint density at radius 1 is 1.12 bits per heavy atom. The highest BCUT2D eigenvalue weighted by molar-refractivity contribution is 6.32. The number of carbonyl (C=O) groups is 1. The number of benzene rings is 2. The summed E-state index contributed by atoms with van der Waals surface area (Å²) >= 11 is 5.91. The predicted octanol–water partition coefficient (Wildman–Crippen LogP) is 3.87. The van der Waals surface area contributed by atoms with Crippen molar-refractivity contribution in [3.63, 3.8) is 0 Å². The van der Waals surface area contributed by atoms with Gasteiger partial charge in [0.2, 0.25) is 0 Å². The summed E-state index contributed by atoms with van der Waals surface area (Å²) in [4.78, 5) is 11.8. The molecule has 0 amide bonds. The van der Waals surface area contributed by atoms with Crippen LogP contribution < -0.4 is 4.74 Å². The number of esters is 1. The van der Waals surface area contributed by atoms with Gasteiger partial charge in [0.05, 0.1) is 10.6 Å². The molecule has 86 valence electrons.